The van der Waals surface area contributed by atoms with Crippen LogP contribution in [-0.2, 0) is 16.1 Å². The van der Waals surface area contributed by atoms with Crippen LogP contribution in [0, 0.1) is 0 Å². The lowest BCUT2D eigenvalue weighted by atomic mass is 10.1. The van der Waals surface area contributed by atoms with Crippen molar-refractivity contribution >= 4 is 35.3 Å². The lowest BCUT2D eigenvalue weighted by Crippen LogP contribution is -2.41. The molecule has 22 heavy (non-hydrogen) atoms. The lowest BCUT2D eigenvalue weighted by molar-refractivity contribution is -0.139. The van der Waals surface area contributed by atoms with Crippen molar-refractivity contribution in [2.24, 2.45) is 5.73 Å². The number of benzene rings is 1. The van der Waals surface area contributed by atoms with Gasteiger partial charge in [-0.15, -0.1) is 0 Å². The number of rotatable bonds is 8. The van der Waals surface area contributed by atoms with Crippen molar-refractivity contribution in [1.29, 1.82) is 0 Å². The quantitative estimate of drug-likeness (QED) is 0.627. The lowest BCUT2D eigenvalue weighted by Gasteiger charge is -2.14. The van der Waals surface area contributed by atoms with E-state index in [-0.39, 0.29) is 6.61 Å². The molecule has 1 atom stereocenters. The molecule has 1 aromatic carbocycles. The molecular formula is C14H18Cl2N2O4. The second-order valence-electron chi connectivity index (χ2n) is 4.63. The zero-order valence-electron chi connectivity index (χ0n) is 11.9. The Kier molecular flexibility index (Phi) is 8.01. The van der Waals surface area contributed by atoms with Crippen molar-refractivity contribution in [3.8, 4) is 0 Å². The summed E-state index contributed by atoms with van der Waals surface area (Å²) in [5.41, 5.74) is 5.93. The largest absolute Gasteiger partial charge is 0.480 e. The first-order valence-electron chi connectivity index (χ1n) is 6.74. The highest BCUT2D eigenvalue weighted by Crippen LogP contribution is 2.21. The van der Waals surface area contributed by atoms with Gasteiger partial charge in [-0.05, 0) is 37.9 Å². The Bertz CT molecular complexity index is 526. The van der Waals surface area contributed by atoms with Gasteiger partial charge < -0.3 is 20.9 Å². The summed E-state index contributed by atoms with van der Waals surface area (Å²) in [6.45, 7) is 0.406. The number of aliphatic carboxylic acids is 1. The third-order valence-electron chi connectivity index (χ3n) is 2.91. The number of hydrogen-bond donors (Lipinski definition) is 3. The summed E-state index contributed by atoms with van der Waals surface area (Å²) < 4.78 is 4.97. The SMILES string of the molecule is NCCCCC(NC(=O)OCc1ccc(Cl)cc1Cl)C(=O)O. The van der Waals surface area contributed by atoms with E-state index in [9.17, 15) is 9.59 Å². The van der Waals surface area contributed by atoms with Crippen LogP contribution in [0.5, 0.6) is 0 Å². The number of carbonyl (C=O) groups excluding carboxylic acids is 1. The van der Waals surface area contributed by atoms with Crippen molar-refractivity contribution in [2.75, 3.05) is 6.54 Å². The summed E-state index contributed by atoms with van der Waals surface area (Å²) >= 11 is 11.7. The van der Waals surface area contributed by atoms with Crippen LogP contribution in [0.1, 0.15) is 24.8 Å². The molecule has 0 saturated heterocycles. The zero-order chi connectivity index (χ0) is 16.5. The van der Waals surface area contributed by atoms with Gasteiger partial charge in [-0.25, -0.2) is 9.59 Å². The fourth-order valence-corrected chi connectivity index (χ4v) is 2.18. The number of nitrogens with two attached hydrogens (primary N) is 1. The van der Waals surface area contributed by atoms with E-state index in [1.807, 2.05) is 0 Å². The monoisotopic (exact) mass is 348 g/mol. The molecule has 0 aliphatic carbocycles. The number of unbranched alkanes of at least 4 members (excludes halogenated alkanes) is 1. The summed E-state index contributed by atoms with van der Waals surface area (Å²) in [6, 6.07) is 3.79. The van der Waals surface area contributed by atoms with E-state index in [0.29, 0.717) is 41.4 Å². The normalized spacial score (nSPS) is 11.8. The molecule has 4 N–H and O–H groups in total. The Hall–Kier alpha value is -1.50. The number of hydrogen-bond acceptors (Lipinski definition) is 4. The third kappa shape index (κ3) is 6.51. The van der Waals surface area contributed by atoms with Crippen molar-refractivity contribution in [3.05, 3.63) is 33.8 Å². The van der Waals surface area contributed by atoms with Gasteiger partial charge in [0.1, 0.15) is 12.6 Å². The number of carboxylic acid groups (broad SMARTS) is 1. The average Bonchev–Trinajstić information content (AvgIpc) is 2.45. The Labute approximate surface area is 138 Å². The number of nitrogens with one attached hydrogen (secondary N) is 1. The van der Waals surface area contributed by atoms with Gasteiger partial charge in [0.25, 0.3) is 0 Å². The van der Waals surface area contributed by atoms with Crippen molar-refractivity contribution in [3.63, 3.8) is 0 Å². The van der Waals surface area contributed by atoms with Gasteiger partial charge in [0.05, 0.1) is 0 Å². The van der Waals surface area contributed by atoms with Crippen molar-refractivity contribution < 1.29 is 19.4 Å². The predicted molar refractivity (Wildman–Crippen MR) is 84.1 cm³/mol. The molecule has 0 aliphatic rings. The van der Waals surface area contributed by atoms with Crippen LogP contribution < -0.4 is 11.1 Å². The number of alkyl carbamates (subject to hydrolysis) is 1. The van der Waals surface area contributed by atoms with Gasteiger partial charge in [-0.3, -0.25) is 0 Å². The molecule has 0 bridgehead atoms. The molecule has 122 valence electrons. The highest BCUT2D eigenvalue weighted by atomic mass is 35.5. The molecule has 8 heteroatoms. The van der Waals surface area contributed by atoms with Gasteiger partial charge in [0, 0.05) is 15.6 Å². The molecule has 0 radical (unpaired) electrons. The fraction of sp³-hybridized carbons (Fsp3) is 0.429. The molecule has 0 aromatic heterocycles. The molecular weight excluding hydrogens is 331 g/mol. The highest BCUT2D eigenvalue weighted by Gasteiger charge is 2.20. The Balaban J connectivity index is 2.47. The third-order valence-corrected chi connectivity index (χ3v) is 3.50. The Morgan fingerprint density at radius 3 is 2.64 bits per heavy atom. The summed E-state index contributed by atoms with van der Waals surface area (Å²) in [6.07, 6.45) is 0.784. The Morgan fingerprint density at radius 2 is 2.05 bits per heavy atom. The number of ether oxygens (including phenoxy) is 1. The van der Waals surface area contributed by atoms with E-state index in [1.165, 1.54) is 6.07 Å². The molecule has 1 unspecified atom stereocenters. The minimum atomic E-state index is -1.11. The minimum absolute atomic E-state index is 0.0724. The molecule has 0 fully saturated rings. The van der Waals surface area contributed by atoms with Crippen LogP contribution in [-0.4, -0.2) is 29.8 Å². The van der Waals surface area contributed by atoms with Crippen LogP contribution in [0.2, 0.25) is 10.0 Å². The minimum Gasteiger partial charge on any atom is -0.480 e. The Morgan fingerprint density at radius 1 is 1.32 bits per heavy atom. The maximum absolute atomic E-state index is 11.7. The molecule has 1 rings (SSSR count). The van der Waals surface area contributed by atoms with Crippen LogP contribution in [0.15, 0.2) is 18.2 Å². The first-order chi connectivity index (χ1) is 10.4. The number of halogens is 2. The van der Waals surface area contributed by atoms with Crippen LogP contribution in [0.25, 0.3) is 0 Å². The van der Waals surface area contributed by atoms with Gasteiger partial charge in [-0.2, -0.15) is 0 Å². The summed E-state index contributed by atoms with van der Waals surface area (Å²) in [5, 5.41) is 12.2. The zero-order valence-corrected chi connectivity index (χ0v) is 13.4. The summed E-state index contributed by atoms with van der Waals surface area (Å²) in [7, 11) is 0. The molecule has 0 spiro atoms. The first kappa shape index (κ1) is 18.5. The molecule has 0 aliphatic heterocycles. The number of amides is 1. The standard InChI is InChI=1S/C14H18Cl2N2O4/c15-10-5-4-9(11(16)7-10)8-22-14(21)18-12(13(19)20)3-1-2-6-17/h4-5,7,12H,1-3,6,8,17H2,(H,18,21)(H,19,20). The van der Waals surface area contributed by atoms with Crippen molar-refractivity contribution in [2.45, 2.75) is 31.9 Å². The van der Waals surface area contributed by atoms with Crippen molar-refractivity contribution in [1.82, 2.24) is 5.32 Å². The average molecular weight is 349 g/mol. The molecule has 1 amide bonds. The van der Waals surface area contributed by atoms with Crippen LogP contribution in [0.4, 0.5) is 4.79 Å². The van der Waals surface area contributed by atoms with E-state index >= 15 is 0 Å². The summed E-state index contributed by atoms with van der Waals surface area (Å²) in [4.78, 5) is 22.7. The topological polar surface area (TPSA) is 102 Å². The maximum atomic E-state index is 11.7. The predicted octanol–water partition coefficient (Wildman–Crippen LogP) is 2.80. The first-order valence-corrected chi connectivity index (χ1v) is 7.49. The van der Waals surface area contributed by atoms with Crippen LogP contribution in [0.3, 0.4) is 0 Å². The van der Waals surface area contributed by atoms with E-state index in [2.05, 4.69) is 5.32 Å². The molecule has 6 nitrogen and oxygen atoms in total. The van der Waals surface area contributed by atoms with Gasteiger partial charge in [0.2, 0.25) is 0 Å². The molecule has 0 saturated carbocycles. The smallest absolute Gasteiger partial charge is 0.408 e. The van der Waals surface area contributed by atoms with Gasteiger partial charge in [0.15, 0.2) is 0 Å². The van der Waals surface area contributed by atoms with Gasteiger partial charge >= 0.3 is 12.1 Å². The second-order valence-corrected chi connectivity index (χ2v) is 5.48. The van der Waals surface area contributed by atoms with E-state index < -0.39 is 18.1 Å². The fourth-order valence-electron chi connectivity index (χ4n) is 1.72. The van der Waals surface area contributed by atoms with Crippen LogP contribution >= 0.6 is 23.2 Å². The second kappa shape index (κ2) is 9.50. The highest BCUT2D eigenvalue weighted by molar-refractivity contribution is 6.35. The summed E-state index contributed by atoms with van der Waals surface area (Å²) in [5.74, 6) is -1.11. The van der Waals surface area contributed by atoms with E-state index in [4.69, 9.17) is 38.8 Å². The van der Waals surface area contributed by atoms with Gasteiger partial charge in [-0.1, -0.05) is 29.3 Å². The maximum Gasteiger partial charge on any atom is 0.408 e. The molecule has 1 aromatic rings. The van der Waals surface area contributed by atoms with E-state index in [1.54, 1.807) is 12.1 Å². The number of carbonyl (C=O) groups is 2. The molecule has 0 heterocycles. The number of carboxylic acids is 1. The van der Waals surface area contributed by atoms with E-state index in [0.717, 1.165) is 0 Å².